The summed E-state index contributed by atoms with van der Waals surface area (Å²) in [4.78, 5) is 12.2. The number of halogens is 3. The van der Waals surface area contributed by atoms with E-state index in [2.05, 4.69) is 15.9 Å². The summed E-state index contributed by atoms with van der Waals surface area (Å²) in [6.07, 6.45) is 0. The molecule has 0 aliphatic carbocycles. The van der Waals surface area contributed by atoms with Crippen molar-refractivity contribution in [1.82, 2.24) is 0 Å². The van der Waals surface area contributed by atoms with E-state index in [1.807, 2.05) is 0 Å². The molecule has 2 N–H and O–H groups in total. The van der Waals surface area contributed by atoms with Gasteiger partial charge in [-0.15, -0.1) is 0 Å². The van der Waals surface area contributed by atoms with Gasteiger partial charge in [0, 0.05) is 26.3 Å². The number of carbonyl (C=O) groups is 1. The Hall–Kier alpha value is -1.03. The van der Waals surface area contributed by atoms with Crippen molar-refractivity contribution in [2.75, 3.05) is 5.73 Å². The average Bonchev–Trinajstić information content (AvgIpc) is 2.32. The van der Waals surface area contributed by atoms with E-state index in [0.29, 0.717) is 26.9 Å². The van der Waals surface area contributed by atoms with E-state index >= 15 is 0 Å². The maximum Gasteiger partial charge on any atom is 0.194 e. The van der Waals surface area contributed by atoms with Gasteiger partial charge in [-0.1, -0.05) is 23.2 Å². The molecule has 0 atom stereocenters. The minimum atomic E-state index is -0.184. The zero-order valence-electron chi connectivity index (χ0n) is 9.08. The van der Waals surface area contributed by atoms with E-state index in [1.54, 1.807) is 36.4 Å². The van der Waals surface area contributed by atoms with Crippen LogP contribution in [0.4, 0.5) is 5.69 Å². The zero-order valence-corrected chi connectivity index (χ0v) is 12.2. The van der Waals surface area contributed by atoms with Crippen molar-refractivity contribution in [3.63, 3.8) is 0 Å². The second kappa shape index (κ2) is 5.31. The largest absolute Gasteiger partial charge is 0.398 e. The lowest BCUT2D eigenvalue weighted by atomic mass is 10.0. The lowest BCUT2D eigenvalue weighted by Crippen LogP contribution is -2.03. The predicted molar refractivity (Wildman–Crippen MR) is 78.4 cm³/mol. The molecule has 92 valence electrons. The predicted octanol–water partition coefficient (Wildman–Crippen LogP) is 4.57. The molecule has 0 fully saturated rings. The van der Waals surface area contributed by atoms with Crippen LogP contribution in [0.3, 0.4) is 0 Å². The first-order valence-corrected chi connectivity index (χ1v) is 6.58. The van der Waals surface area contributed by atoms with E-state index in [4.69, 9.17) is 28.9 Å². The van der Waals surface area contributed by atoms with Gasteiger partial charge in [0.25, 0.3) is 0 Å². The Morgan fingerprint density at radius 2 is 1.83 bits per heavy atom. The molecule has 5 heteroatoms. The summed E-state index contributed by atoms with van der Waals surface area (Å²) in [5, 5.41) is 0.820. The number of carbonyl (C=O) groups excluding carboxylic acids is 1. The molecule has 0 spiro atoms. The lowest BCUT2D eigenvalue weighted by molar-refractivity contribution is 0.103. The smallest absolute Gasteiger partial charge is 0.194 e. The van der Waals surface area contributed by atoms with Crippen molar-refractivity contribution in [2.45, 2.75) is 0 Å². The van der Waals surface area contributed by atoms with E-state index in [9.17, 15) is 4.79 Å². The Kier molecular flexibility index (Phi) is 3.95. The molecule has 2 aromatic carbocycles. The molecule has 0 aliphatic heterocycles. The summed E-state index contributed by atoms with van der Waals surface area (Å²) in [7, 11) is 0. The van der Waals surface area contributed by atoms with E-state index in [-0.39, 0.29) is 5.78 Å². The minimum Gasteiger partial charge on any atom is -0.398 e. The van der Waals surface area contributed by atoms with Gasteiger partial charge in [0.05, 0.1) is 5.02 Å². The van der Waals surface area contributed by atoms with Crippen LogP contribution in [-0.4, -0.2) is 5.78 Å². The molecule has 2 nitrogen and oxygen atoms in total. The van der Waals surface area contributed by atoms with Crippen molar-refractivity contribution >= 4 is 50.6 Å². The summed E-state index contributed by atoms with van der Waals surface area (Å²) in [5.74, 6) is -0.184. The Morgan fingerprint density at radius 1 is 1.11 bits per heavy atom. The molecule has 0 bridgehead atoms. The van der Waals surface area contributed by atoms with Crippen LogP contribution in [0.5, 0.6) is 0 Å². The highest BCUT2D eigenvalue weighted by Gasteiger charge is 2.14. The molecule has 18 heavy (non-hydrogen) atoms. The van der Waals surface area contributed by atoms with Gasteiger partial charge >= 0.3 is 0 Å². The topological polar surface area (TPSA) is 43.1 Å². The van der Waals surface area contributed by atoms with Crippen molar-refractivity contribution in [3.05, 3.63) is 62.0 Å². The first kappa shape index (κ1) is 13.4. The Labute approximate surface area is 123 Å². The highest BCUT2D eigenvalue weighted by Crippen LogP contribution is 2.26. The molecule has 0 heterocycles. The third-order valence-corrected chi connectivity index (χ3v) is 3.70. The van der Waals surface area contributed by atoms with Crippen LogP contribution in [-0.2, 0) is 0 Å². The molecule has 0 saturated carbocycles. The first-order valence-electron chi connectivity index (χ1n) is 5.04. The van der Waals surface area contributed by atoms with Crippen LogP contribution in [0.2, 0.25) is 10.0 Å². The second-order valence-electron chi connectivity index (χ2n) is 3.69. The molecule has 0 amide bonds. The van der Waals surface area contributed by atoms with Crippen LogP contribution in [0, 0.1) is 0 Å². The molecular weight excluding hydrogens is 337 g/mol. The highest BCUT2D eigenvalue weighted by molar-refractivity contribution is 9.10. The average molecular weight is 345 g/mol. The number of hydrogen-bond donors (Lipinski definition) is 1. The minimum absolute atomic E-state index is 0.184. The van der Waals surface area contributed by atoms with Gasteiger partial charge < -0.3 is 5.73 Å². The Bertz CT molecular complexity index is 628. The summed E-state index contributed by atoms with van der Waals surface area (Å²) in [6.45, 7) is 0. The molecule has 2 aromatic rings. The van der Waals surface area contributed by atoms with Gasteiger partial charge in [-0.25, -0.2) is 0 Å². The number of anilines is 1. The molecule has 0 aromatic heterocycles. The van der Waals surface area contributed by atoms with Gasteiger partial charge in [-0.3, -0.25) is 4.79 Å². The number of benzene rings is 2. The van der Waals surface area contributed by atoms with Gasteiger partial charge in [0.2, 0.25) is 0 Å². The number of rotatable bonds is 2. The normalized spacial score (nSPS) is 10.4. The van der Waals surface area contributed by atoms with Gasteiger partial charge in [0.15, 0.2) is 5.78 Å². The van der Waals surface area contributed by atoms with Crippen molar-refractivity contribution < 1.29 is 4.79 Å². The van der Waals surface area contributed by atoms with Crippen LogP contribution in [0.1, 0.15) is 15.9 Å². The van der Waals surface area contributed by atoms with Crippen LogP contribution < -0.4 is 5.73 Å². The van der Waals surface area contributed by atoms with E-state index in [0.717, 1.165) is 4.47 Å². The molecule has 0 radical (unpaired) electrons. The molecule has 0 aliphatic rings. The molecule has 0 unspecified atom stereocenters. The molecular formula is C13H8BrCl2NO. The Balaban J connectivity index is 2.44. The van der Waals surface area contributed by atoms with Crippen molar-refractivity contribution in [3.8, 4) is 0 Å². The van der Waals surface area contributed by atoms with Crippen LogP contribution >= 0.6 is 39.1 Å². The number of ketones is 1. The van der Waals surface area contributed by atoms with E-state index < -0.39 is 0 Å². The van der Waals surface area contributed by atoms with E-state index in [1.165, 1.54) is 0 Å². The standard InChI is InChI=1S/C13H8BrCl2NO/c14-10-4-1-7(5-12(10)17)13(18)9-3-2-8(15)6-11(9)16/h1-6H,17H2. The third kappa shape index (κ3) is 2.69. The lowest BCUT2D eigenvalue weighted by Gasteiger charge is -2.06. The van der Waals surface area contributed by atoms with Crippen LogP contribution in [0.15, 0.2) is 40.9 Å². The monoisotopic (exact) mass is 343 g/mol. The van der Waals surface area contributed by atoms with Crippen LogP contribution in [0.25, 0.3) is 0 Å². The third-order valence-electron chi connectivity index (χ3n) is 2.43. The number of nitrogens with two attached hydrogens (primary N) is 1. The van der Waals surface area contributed by atoms with Crippen molar-refractivity contribution in [2.24, 2.45) is 0 Å². The maximum atomic E-state index is 12.2. The summed E-state index contributed by atoms with van der Waals surface area (Å²) in [5.41, 5.74) is 7.14. The number of nitrogen functional groups attached to an aromatic ring is 1. The number of hydrogen-bond acceptors (Lipinski definition) is 2. The van der Waals surface area contributed by atoms with Gasteiger partial charge in [0.1, 0.15) is 0 Å². The zero-order chi connectivity index (χ0) is 13.3. The fourth-order valence-electron chi connectivity index (χ4n) is 1.51. The Morgan fingerprint density at radius 3 is 2.44 bits per heavy atom. The van der Waals surface area contributed by atoms with Gasteiger partial charge in [-0.2, -0.15) is 0 Å². The first-order chi connectivity index (χ1) is 8.49. The fraction of sp³-hybridized carbons (Fsp3) is 0. The van der Waals surface area contributed by atoms with Gasteiger partial charge in [-0.05, 0) is 52.3 Å². The SMILES string of the molecule is Nc1cc(C(=O)c2ccc(Cl)cc2Cl)ccc1Br. The summed E-state index contributed by atoms with van der Waals surface area (Å²) in [6, 6.07) is 9.80. The highest BCUT2D eigenvalue weighted by atomic mass is 79.9. The summed E-state index contributed by atoms with van der Waals surface area (Å²) < 4.78 is 0.751. The fourth-order valence-corrected chi connectivity index (χ4v) is 2.26. The second-order valence-corrected chi connectivity index (χ2v) is 5.39. The quantitative estimate of drug-likeness (QED) is 0.640. The molecule has 2 rings (SSSR count). The summed E-state index contributed by atoms with van der Waals surface area (Å²) >= 11 is 15.1. The molecule has 0 saturated heterocycles. The van der Waals surface area contributed by atoms with Crippen molar-refractivity contribution in [1.29, 1.82) is 0 Å². The maximum absolute atomic E-state index is 12.2.